The number of nitrogens with one attached hydrogen (secondary N) is 1. The van der Waals surface area contributed by atoms with Crippen molar-refractivity contribution < 1.29 is 14.4 Å². The monoisotopic (exact) mass is 448 g/mol. The van der Waals surface area contributed by atoms with Crippen molar-refractivity contribution in [3.63, 3.8) is 0 Å². The molecule has 2 aliphatic heterocycles. The van der Waals surface area contributed by atoms with Gasteiger partial charge in [-0.15, -0.1) is 0 Å². The minimum Gasteiger partial charge on any atom is -0.342 e. The van der Waals surface area contributed by atoms with E-state index < -0.39 is 0 Å². The van der Waals surface area contributed by atoms with Crippen LogP contribution in [-0.4, -0.2) is 47.2 Å². The highest BCUT2D eigenvalue weighted by molar-refractivity contribution is 6.00. The quantitative estimate of drug-likeness (QED) is 0.755. The summed E-state index contributed by atoms with van der Waals surface area (Å²) in [6.45, 7) is 7.68. The first-order chi connectivity index (χ1) is 15.8. The first-order valence-electron chi connectivity index (χ1n) is 11.7. The molecule has 2 saturated heterocycles. The Morgan fingerprint density at radius 3 is 2.55 bits per heavy atom. The number of carbonyl (C=O) groups is 3. The summed E-state index contributed by atoms with van der Waals surface area (Å²) in [7, 11) is 0. The average Bonchev–Trinajstić information content (AvgIpc) is 3.20. The van der Waals surface area contributed by atoms with Crippen LogP contribution in [0.4, 0.5) is 11.5 Å². The summed E-state index contributed by atoms with van der Waals surface area (Å²) in [5.74, 6) is 0.426. The van der Waals surface area contributed by atoms with E-state index in [-0.39, 0.29) is 36.0 Å². The number of aryl methyl sites for hydroxylation is 1. The van der Waals surface area contributed by atoms with E-state index in [0.29, 0.717) is 44.2 Å². The van der Waals surface area contributed by atoms with Crippen molar-refractivity contribution in [3.8, 4) is 0 Å². The number of amides is 3. The molecule has 1 unspecified atom stereocenters. The number of rotatable bonds is 5. The fraction of sp³-hybridized carbons (Fsp3) is 0.462. The van der Waals surface area contributed by atoms with Crippen molar-refractivity contribution >= 4 is 29.2 Å². The molecule has 1 N–H and O–H groups in total. The smallest absolute Gasteiger partial charge is 0.228 e. The van der Waals surface area contributed by atoms with Gasteiger partial charge in [0.05, 0.1) is 5.92 Å². The summed E-state index contributed by atoms with van der Waals surface area (Å²) in [5.41, 5.74) is 3.08. The molecule has 7 nitrogen and oxygen atoms in total. The van der Waals surface area contributed by atoms with Crippen LogP contribution in [0.15, 0.2) is 42.6 Å². The van der Waals surface area contributed by atoms with Gasteiger partial charge in [0.2, 0.25) is 17.7 Å². The fourth-order valence-electron chi connectivity index (χ4n) is 4.63. The normalized spacial score (nSPS) is 19.3. The lowest BCUT2D eigenvalue weighted by Gasteiger charge is -2.32. The van der Waals surface area contributed by atoms with Gasteiger partial charge >= 0.3 is 0 Å². The van der Waals surface area contributed by atoms with Crippen LogP contribution in [0.1, 0.15) is 50.2 Å². The van der Waals surface area contributed by atoms with Gasteiger partial charge < -0.3 is 15.1 Å². The lowest BCUT2D eigenvalue weighted by molar-refractivity contribution is -0.138. The predicted molar refractivity (Wildman–Crippen MR) is 128 cm³/mol. The third-order valence-electron chi connectivity index (χ3n) is 6.67. The zero-order valence-corrected chi connectivity index (χ0v) is 19.6. The van der Waals surface area contributed by atoms with E-state index in [4.69, 9.17) is 0 Å². The number of benzene rings is 1. The van der Waals surface area contributed by atoms with Crippen LogP contribution >= 0.6 is 0 Å². The zero-order chi connectivity index (χ0) is 23.5. The van der Waals surface area contributed by atoms with Crippen LogP contribution in [0.5, 0.6) is 0 Å². The van der Waals surface area contributed by atoms with E-state index in [0.717, 1.165) is 11.3 Å². The molecule has 7 heteroatoms. The number of carbonyl (C=O) groups excluding carboxylic acids is 3. The third-order valence-corrected chi connectivity index (χ3v) is 6.67. The Labute approximate surface area is 195 Å². The molecule has 0 aliphatic carbocycles. The van der Waals surface area contributed by atoms with Gasteiger partial charge in [-0.05, 0) is 61.1 Å². The Hall–Kier alpha value is -3.22. The number of piperidine rings is 1. The molecule has 174 valence electrons. The molecule has 2 fully saturated rings. The minimum absolute atomic E-state index is 0.00539. The molecule has 4 rings (SSSR count). The molecule has 0 saturated carbocycles. The van der Waals surface area contributed by atoms with Crippen LogP contribution in [-0.2, 0) is 14.4 Å². The lowest BCUT2D eigenvalue weighted by Crippen LogP contribution is -2.44. The molecule has 1 aromatic carbocycles. The summed E-state index contributed by atoms with van der Waals surface area (Å²) in [4.78, 5) is 46.2. The summed E-state index contributed by atoms with van der Waals surface area (Å²) in [5, 5.41) is 2.89. The Kier molecular flexibility index (Phi) is 6.77. The summed E-state index contributed by atoms with van der Waals surface area (Å²) in [6, 6.07) is 11.7. The van der Waals surface area contributed by atoms with Gasteiger partial charge in [0.25, 0.3) is 0 Å². The third kappa shape index (κ3) is 5.24. The average molecular weight is 449 g/mol. The number of hydrogen-bond donors (Lipinski definition) is 1. The zero-order valence-electron chi connectivity index (χ0n) is 19.6. The number of pyridine rings is 1. The maximum absolute atomic E-state index is 13.1. The fourth-order valence-corrected chi connectivity index (χ4v) is 4.63. The summed E-state index contributed by atoms with van der Waals surface area (Å²) < 4.78 is 0. The molecular formula is C26H32N4O3. The molecule has 1 aromatic heterocycles. The molecule has 33 heavy (non-hydrogen) atoms. The molecule has 2 aromatic rings. The van der Waals surface area contributed by atoms with E-state index in [1.165, 1.54) is 5.56 Å². The van der Waals surface area contributed by atoms with Crippen LogP contribution in [0, 0.1) is 18.8 Å². The number of likely N-dealkylation sites (tertiary alicyclic amines) is 1. The molecule has 3 amide bonds. The molecular weight excluding hydrogens is 416 g/mol. The Balaban J connectivity index is 1.32. The second-order valence-electron chi connectivity index (χ2n) is 9.46. The second-order valence-corrected chi connectivity index (χ2v) is 9.46. The predicted octanol–water partition coefficient (Wildman–Crippen LogP) is 3.74. The Bertz CT molecular complexity index is 1040. The van der Waals surface area contributed by atoms with Crippen molar-refractivity contribution in [1.29, 1.82) is 0 Å². The first-order valence-corrected chi connectivity index (χ1v) is 11.7. The first kappa shape index (κ1) is 23.0. The molecule has 0 radical (unpaired) electrons. The van der Waals surface area contributed by atoms with Crippen molar-refractivity contribution in [2.75, 3.05) is 29.9 Å². The maximum Gasteiger partial charge on any atom is 0.228 e. The van der Waals surface area contributed by atoms with E-state index >= 15 is 0 Å². The minimum atomic E-state index is -0.331. The largest absolute Gasteiger partial charge is 0.342 e. The van der Waals surface area contributed by atoms with Crippen LogP contribution in [0.25, 0.3) is 0 Å². The van der Waals surface area contributed by atoms with E-state index in [1.807, 2.05) is 42.2 Å². The van der Waals surface area contributed by atoms with Crippen LogP contribution in [0.3, 0.4) is 0 Å². The second kappa shape index (κ2) is 9.73. The van der Waals surface area contributed by atoms with Crippen molar-refractivity contribution in [3.05, 3.63) is 53.7 Å². The van der Waals surface area contributed by atoms with Gasteiger partial charge in [0.1, 0.15) is 5.82 Å². The van der Waals surface area contributed by atoms with Gasteiger partial charge in [-0.1, -0.05) is 26.0 Å². The number of hydrogen-bond acceptors (Lipinski definition) is 4. The highest BCUT2D eigenvalue weighted by Gasteiger charge is 2.38. The number of nitrogens with zero attached hydrogens (tertiary/aromatic N) is 3. The highest BCUT2D eigenvalue weighted by Crippen LogP contribution is 2.30. The topological polar surface area (TPSA) is 82.6 Å². The molecule has 0 spiro atoms. The van der Waals surface area contributed by atoms with E-state index in [9.17, 15) is 14.4 Å². The molecule has 3 heterocycles. The lowest BCUT2D eigenvalue weighted by atomic mass is 9.94. The van der Waals surface area contributed by atoms with Gasteiger partial charge in [0.15, 0.2) is 0 Å². The van der Waals surface area contributed by atoms with Crippen molar-refractivity contribution in [1.82, 2.24) is 9.88 Å². The maximum atomic E-state index is 13.1. The van der Waals surface area contributed by atoms with Gasteiger partial charge in [-0.2, -0.15) is 0 Å². The Morgan fingerprint density at radius 1 is 1.09 bits per heavy atom. The van der Waals surface area contributed by atoms with Crippen molar-refractivity contribution in [2.45, 2.75) is 46.0 Å². The standard InChI is InChI=1S/C26H32N4O3/c1-17(2)20-5-4-6-22(14-20)30-16-21(15-24(30)31)26(33)29-11-8-19(9-12-29)25(32)28-23-13-18(3)7-10-27-23/h4-7,10,13-14,17,19,21H,8-9,11-12,15-16H2,1-3H3,(H,27,28,32). The van der Waals surface area contributed by atoms with Gasteiger partial charge in [-0.25, -0.2) is 4.98 Å². The van der Waals surface area contributed by atoms with Crippen molar-refractivity contribution in [2.24, 2.45) is 11.8 Å². The number of aromatic nitrogens is 1. The van der Waals surface area contributed by atoms with Crippen LogP contribution in [0.2, 0.25) is 0 Å². The van der Waals surface area contributed by atoms with E-state index in [1.54, 1.807) is 11.1 Å². The van der Waals surface area contributed by atoms with Crippen LogP contribution < -0.4 is 10.2 Å². The highest BCUT2D eigenvalue weighted by atomic mass is 16.2. The van der Waals surface area contributed by atoms with Gasteiger partial charge in [0, 0.05) is 43.9 Å². The molecule has 1 atom stereocenters. The number of anilines is 2. The summed E-state index contributed by atoms with van der Waals surface area (Å²) >= 11 is 0. The Morgan fingerprint density at radius 2 is 1.85 bits per heavy atom. The molecule has 2 aliphatic rings. The molecule has 0 bridgehead atoms. The van der Waals surface area contributed by atoms with Gasteiger partial charge in [-0.3, -0.25) is 14.4 Å². The summed E-state index contributed by atoms with van der Waals surface area (Å²) in [6.07, 6.45) is 3.15. The van der Waals surface area contributed by atoms with E-state index in [2.05, 4.69) is 30.2 Å². The SMILES string of the molecule is Cc1ccnc(NC(=O)C2CCN(C(=O)C3CC(=O)N(c4cccc(C(C)C)c4)C3)CC2)c1.